The highest BCUT2D eigenvalue weighted by Gasteiger charge is 2.18. The summed E-state index contributed by atoms with van der Waals surface area (Å²) in [5.41, 5.74) is 14.0. The second-order valence-electron chi connectivity index (χ2n) is 5.45. The van der Waals surface area contributed by atoms with Crippen molar-refractivity contribution in [2.75, 3.05) is 0 Å². The molecule has 1 heterocycles. The predicted octanol–water partition coefficient (Wildman–Crippen LogP) is 1.26. The normalized spacial score (nSPS) is 14.1. The van der Waals surface area contributed by atoms with Gasteiger partial charge in [0.05, 0.1) is 5.52 Å². The van der Waals surface area contributed by atoms with E-state index in [1.54, 1.807) is 7.05 Å². The first kappa shape index (κ1) is 12.9. The molecule has 0 aliphatic carbocycles. The van der Waals surface area contributed by atoms with Gasteiger partial charge < -0.3 is 15.9 Å². The molecule has 4 N–H and O–H groups in total. The first-order chi connectivity index (χ1) is 8.28. The summed E-state index contributed by atoms with van der Waals surface area (Å²) in [4.78, 5) is 11.4. The zero-order valence-electron chi connectivity index (χ0n) is 10.9. The summed E-state index contributed by atoms with van der Waals surface area (Å²) in [6.07, 6.45) is 0.662. The summed E-state index contributed by atoms with van der Waals surface area (Å²) in [6.45, 7) is 3.88. The molecule has 98 valence electrons. The third kappa shape index (κ3) is 2.47. The molecule has 1 atom stereocenters. The number of oxazole rings is 1. The van der Waals surface area contributed by atoms with Crippen molar-refractivity contribution in [3.8, 4) is 0 Å². The number of nitrogens with zero attached hydrogens (tertiary/aromatic N) is 1. The molecular formula is C13H19N3O2. The average Bonchev–Trinajstić information content (AvgIpc) is 2.52. The summed E-state index contributed by atoms with van der Waals surface area (Å²) >= 11 is 0. The van der Waals surface area contributed by atoms with E-state index in [9.17, 15) is 4.79 Å². The van der Waals surface area contributed by atoms with Crippen LogP contribution in [0.3, 0.4) is 0 Å². The standard InChI is InChI=1S/C13H19N3O2/c1-13(2,15)7-9(14)8-4-5-10-11(6-8)18-12(17)16(10)3/h4-6,9H,7,14-15H2,1-3H3. The van der Waals surface area contributed by atoms with E-state index >= 15 is 0 Å². The minimum absolute atomic E-state index is 0.167. The van der Waals surface area contributed by atoms with Gasteiger partial charge in [0.25, 0.3) is 0 Å². The lowest BCUT2D eigenvalue weighted by Crippen LogP contribution is -2.35. The highest BCUT2D eigenvalue weighted by molar-refractivity contribution is 5.73. The molecule has 0 saturated heterocycles. The van der Waals surface area contributed by atoms with E-state index in [-0.39, 0.29) is 17.3 Å². The maximum absolute atomic E-state index is 11.4. The van der Waals surface area contributed by atoms with Crippen LogP contribution in [-0.2, 0) is 7.05 Å². The van der Waals surface area contributed by atoms with Crippen LogP contribution in [0.2, 0.25) is 0 Å². The molecule has 1 aromatic heterocycles. The molecule has 1 unspecified atom stereocenters. The van der Waals surface area contributed by atoms with Gasteiger partial charge in [-0.2, -0.15) is 0 Å². The topological polar surface area (TPSA) is 87.2 Å². The smallest absolute Gasteiger partial charge is 0.408 e. The van der Waals surface area contributed by atoms with E-state index in [2.05, 4.69) is 0 Å². The highest BCUT2D eigenvalue weighted by Crippen LogP contribution is 2.23. The van der Waals surface area contributed by atoms with Crippen LogP contribution in [0.5, 0.6) is 0 Å². The second kappa shape index (κ2) is 4.26. The number of hydrogen-bond acceptors (Lipinski definition) is 4. The fraction of sp³-hybridized carbons (Fsp3) is 0.462. The van der Waals surface area contributed by atoms with Crippen LogP contribution < -0.4 is 17.2 Å². The molecule has 0 fully saturated rings. The summed E-state index contributed by atoms with van der Waals surface area (Å²) in [7, 11) is 1.68. The Labute approximate surface area is 105 Å². The van der Waals surface area contributed by atoms with Crippen LogP contribution in [0.15, 0.2) is 27.4 Å². The molecule has 2 rings (SSSR count). The minimum Gasteiger partial charge on any atom is -0.408 e. The van der Waals surface area contributed by atoms with E-state index in [0.717, 1.165) is 11.1 Å². The van der Waals surface area contributed by atoms with Crippen LogP contribution >= 0.6 is 0 Å². The monoisotopic (exact) mass is 249 g/mol. The van der Waals surface area contributed by atoms with Gasteiger partial charge >= 0.3 is 5.76 Å². The Balaban J connectivity index is 2.38. The number of rotatable bonds is 3. The molecule has 0 bridgehead atoms. The first-order valence-electron chi connectivity index (χ1n) is 5.92. The van der Waals surface area contributed by atoms with Crippen LogP contribution in [0.1, 0.15) is 31.9 Å². The van der Waals surface area contributed by atoms with Crippen molar-refractivity contribution in [1.29, 1.82) is 0 Å². The van der Waals surface area contributed by atoms with Crippen molar-refractivity contribution in [3.05, 3.63) is 34.3 Å². The minimum atomic E-state index is -0.366. The van der Waals surface area contributed by atoms with E-state index in [1.807, 2.05) is 32.0 Å². The second-order valence-corrected chi connectivity index (χ2v) is 5.45. The fourth-order valence-electron chi connectivity index (χ4n) is 2.07. The molecule has 18 heavy (non-hydrogen) atoms. The fourth-order valence-corrected chi connectivity index (χ4v) is 2.07. The van der Waals surface area contributed by atoms with Crippen molar-refractivity contribution in [3.63, 3.8) is 0 Å². The van der Waals surface area contributed by atoms with Gasteiger partial charge in [-0.3, -0.25) is 4.57 Å². The molecule has 1 aromatic carbocycles. The van der Waals surface area contributed by atoms with Crippen LogP contribution in [0.25, 0.3) is 11.1 Å². The molecule has 0 amide bonds. The summed E-state index contributed by atoms with van der Waals surface area (Å²) < 4.78 is 6.61. The van der Waals surface area contributed by atoms with Crippen LogP contribution in [-0.4, -0.2) is 10.1 Å². The van der Waals surface area contributed by atoms with Gasteiger partial charge in [-0.05, 0) is 38.0 Å². The van der Waals surface area contributed by atoms with Crippen molar-refractivity contribution >= 4 is 11.1 Å². The maximum Gasteiger partial charge on any atom is 0.419 e. The zero-order chi connectivity index (χ0) is 13.5. The quantitative estimate of drug-likeness (QED) is 0.857. The Kier molecular flexibility index (Phi) is 3.04. The number of aryl methyl sites for hydroxylation is 1. The maximum atomic E-state index is 11.4. The molecule has 0 saturated carbocycles. The number of nitrogens with two attached hydrogens (primary N) is 2. The lowest BCUT2D eigenvalue weighted by atomic mass is 9.92. The summed E-state index contributed by atoms with van der Waals surface area (Å²) in [5, 5.41) is 0. The summed E-state index contributed by atoms with van der Waals surface area (Å²) in [6, 6.07) is 5.40. The van der Waals surface area contributed by atoms with E-state index in [1.165, 1.54) is 4.57 Å². The van der Waals surface area contributed by atoms with Crippen LogP contribution in [0.4, 0.5) is 0 Å². The van der Waals surface area contributed by atoms with Gasteiger partial charge in [0, 0.05) is 18.6 Å². The number of fused-ring (bicyclic) bond motifs is 1. The summed E-state index contributed by atoms with van der Waals surface area (Å²) in [5.74, 6) is -0.366. The molecule has 0 aliphatic rings. The predicted molar refractivity (Wildman–Crippen MR) is 71.3 cm³/mol. The Bertz CT molecular complexity index is 619. The molecular weight excluding hydrogens is 230 g/mol. The zero-order valence-corrected chi connectivity index (χ0v) is 10.9. The van der Waals surface area contributed by atoms with Crippen molar-refractivity contribution in [2.45, 2.75) is 31.8 Å². The highest BCUT2D eigenvalue weighted by atomic mass is 16.4. The first-order valence-corrected chi connectivity index (χ1v) is 5.92. The van der Waals surface area contributed by atoms with Crippen LogP contribution in [0, 0.1) is 0 Å². The molecule has 0 radical (unpaired) electrons. The number of aromatic nitrogens is 1. The van der Waals surface area contributed by atoms with E-state index < -0.39 is 0 Å². The SMILES string of the molecule is Cn1c(=O)oc2cc(C(N)CC(C)(C)N)ccc21. The van der Waals surface area contributed by atoms with Gasteiger partial charge in [0.1, 0.15) is 0 Å². The Morgan fingerprint density at radius 3 is 2.72 bits per heavy atom. The molecule has 0 aliphatic heterocycles. The van der Waals surface area contributed by atoms with Gasteiger partial charge in [-0.1, -0.05) is 6.07 Å². The number of benzene rings is 1. The Hall–Kier alpha value is -1.59. The van der Waals surface area contributed by atoms with Crippen molar-refractivity contribution < 1.29 is 4.42 Å². The third-order valence-corrected chi connectivity index (χ3v) is 2.99. The lowest BCUT2D eigenvalue weighted by Gasteiger charge is -2.23. The Morgan fingerprint density at radius 2 is 2.11 bits per heavy atom. The van der Waals surface area contributed by atoms with Gasteiger partial charge in [0.2, 0.25) is 0 Å². The third-order valence-electron chi connectivity index (χ3n) is 2.99. The molecule has 5 heteroatoms. The molecule has 2 aromatic rings. The van der Waals surface area contributed by atoms with Crippen molar-refractivity contribution in [1.82, 2.24) is 4.57 Å². The molecule has 0 spiro atoms. The van der Waals surface area contributed by atoms with Crippen molar-refractivity contribution in [2.24, 2.45) is 18.5 Å². The van der Waals surface area contributed by atoms with E-state index in [0.29, 0.717) is 12.0 Å². The van der Waals surface area contributed by atoms with Gasteiger partial charge in [-0.25, -0.2) is 4.79 Å². The number of hydrogen-bond donors (Lipinski definition) is 2. The average molecular weight is 249 g/mol. The van der Waals surface area contributed by atoms with Gasteiger partial charge in [0.15, 0.2) is 5.58 Å². The molecule has 5 nitrogen and oxygen atoms in total. The largest absolute Gasteiger partial charge is 0.419 e. The van der Waals surface area contributed by atoms with E-state index in [4.69, 9.17) is 15.9 Å². The van der Waals surface area contributed by atoms with Gasteiger partial charge in [-0.15, -0.1) is 0 Å². The lowest BCUT2D eigenvalue weighted by molar-refractivity contribution is 0.429. The Morgan fingerprint density at radius 1 is 1.44 bits per heavy atom.